The Morgan fingerprint density at radius 1 is 1.39 bits per heavy atom. The van der Waals surface area contributed by atoms with Gasteiger partial charge in [0.25, 0.3) is 5.91 Å². The largest absolute Gasteiger partial charge is 0.467 e. The standard InChI is InChI=1S/C13H18N2O3/c1-3-6-11(13(17)18-2)15-12(16)9-7-4-5-8-10(9)14/h4-5,7-8,11H,3,6,14H2,1-2H3,(H,15,16)/t11-/m0/s1. The van der Waals surface area contributed by atoms with Crippen LogP contribution in [0, 0.1) is 0 Å². The molecule has 1 aromatic carbocycles. The van der Waals surface area contributed by atoms with Gasteiger partial charge in [-0.1, -0.05) is 25.5 Å². The van der Waals surface area contributed by atoms with E-state index in [4.69, 9.17) is 5.73 Å². The predicted molar refractivity (Wildman–Crippen MR) is 69.0 cm³/mol. The summed E-state index contributed by atoms with van der Waals surface area (Å²) in [6.07, 6.45) is 1.30. The molecule has 1 rings (SSSR count). The van der Waals surface area contributed by atoms with Crippen LogP contribution in [-0.2, 0) is 9.53 Å². The molecule has 0 heterocycles. The molecule has 3 N–H and O–H groups in total. The van der Waals surface area contributed by atoms with E-state index in [2.05, 4.69) is 10.1 Å². The molecule has 0 aliphatic rings. The molecule has 0 aliphatic carbocycles. The van der Waals surface area contributed by atoms with E-state index in [9.17, 15) is 9.59 Å². The van der Waals surface area contributed by atoms with E-state index < -0.39 is 12.0 Å². The van der Waals surface area contributed by atoms with Crippen LogP contribution in [0.3, 0.4) is 0 Å². The summed E-state index contributed by atoms with van der Waals surface area (Å²) in [4.78, 5) is 23.5. The Hall–Kier alpha value is -2.04. The maximum atomic E-state index is 12.0. The first-order valence-electron chi connectivity index (χ1n) is 5.83. The van der Waals surface area contributed by atoms with Crippen LogP contribution in [0.2, 0.25) is 0 Å². The van der Waals surface area contributed by atoms with Crippen molar-refractivity contribution in [3.05, 3.63) is 29.8 Å². The maximum absolute atomic E-state index is 12.0. The zero-order valence-electron chi connectivity index (χ0n) is 10.6. The van der Waals surface area contributed by atoms with E-state index in [0.717, 1.165) is 6.42 Å². The van der Waals surface area contributed by atoms with Gasteiger partial charge in [0, 0.05) is 5.69 Å². The van der Waals surface area contributed by atoms with E-state index in [0.29, 0.717) is 17.7 Å². The molecule has 0 aliphatic heterocycles. The van der Waals surface area contributed by atoms with Gasteiger partial charge in [0.15, 0.2) is 0 Å². The summed E-state index contributed by atoms with van der Waals surface area (Å²) >= 11 is 0. The molecule has 0 aromatic heterocycles. The summed E-state index contributed by atoms with van der Waals surface area (Å²) in [6, 6.07) is 6.09. The number of rotatable bonds is 5. The second-order valence-corrected chi connectivity index (χ2v) is 3.93. The number of hydrogen-bond acceptors (Lipinski definition) is 4. The van der Waals surface area contributed by atoms with Crippen molar-refractivity contribution in [1.82, 2.24) is 5.32 Å². The van der Waals surface area contributed by atoms with Gasteiger partial charge in [0.2, 0.25) is 0 Å². The van der Waals surface area contributed by atoms with Crippen molar-refractivity contribution in [2.75, 3.05) is 12.8 Å². The van der Waals surface area contributed by atoms with E-state index in [1.807, 2.05) is 6.92 Å². The van der Waals surface area contributed by atoms with E-state index in [1.54, 1.807) is 24.3 Å². The van der Waals surface area contributed by atoms with Gasteiger partial charge in [0.1, 0.15) is 6.04 Å². The summed E-state index contributed by atoms with van der Waals surface area (Å²) in [5, 5.41) is 2.63. The highest BCUT2D eigenvalue weighted by atomic mass is 16.5. The van der Waals surface area contributed by atoms with Crippen molar-refractivity contribution in [3.8, 4) is 0 Å². The lowest BCUT2D eigenvalue weighted by Gasteiger charge is -2.16. The van der Waals surface area contributed by atoms with Gasteiger partial charge in [-0.15, -0.1) is 0 Å². The minimum Gasteiger partial charge on any atom is -0.467 e. The van der Waals surface area contributed by atoms with Crippen molar-refractivity contribution in [3.63, 3.8) is 0 Å². The maximum Gasteiger partial charge on any atom is 0.328 e. The number of para-hydroxylation sites is 1. The normalized spacial score (nSPS) is 11.7. The summed E-state index contributed by atoms with van der Waals surface area (Å²) in [5.41, 5.74) is 6.45. The quantitative estimate of drug-likeness (QED) is 0.610. The van der Waals surface area contributed by atoms with Crippen molar-refractivity contribution < 1.29 is 14.3 Å². The third kappa shape index (κ3) is 3.48. The van der Waals surface area contributed by atoms with Crippen LogP contribution in [0.1, 0.15) is 30.1 Å². The highest BCUT2D eigenvalue weighted by molar-refractivity contribution is 6.00. The molecule has 0 saturated carbocycles. The number of benzene rings is 1. The van der Waals surface area contributed by atoms with E-state index >= 15 is 0 Å². The van der Waals surface area contributed by atoms with Crippen molar-refractivity contribution >= 4 is 17.6 Å². The van der Waals surface area contributed by atoms with Crippen molar-refractivity contribution in [2.24, 2.45) is 0 Å². The van der Waals surface area contributed by atoms with Crippen LogP contribution < -0.4 is 11.1 Å². The zero-order valence-corrected chi connectivity index (χ0v) is 10.6. The highest BCUT2D eigenvalue weighted by Crippen LogP contribution is 2.11. The molecule has 0 bridgehead atoms. The SMILES string of the molecule is CCC[C@H](NC(=O)c1ccccc1N)C(=O)OC. The smallest absolute Gasteiger partial charge is 0.328 e. The Morgan fingerprint density at radius 3 is 2.61 bits per heavy atom. The van der Waals surface area contributed by atoms with E-state index in [1.165, 1.54) is 7.11 Å². The average Bonchev–Trinajstić information content (AvgIpc) is 2.37. The number of nitrogen functional groups attached to an aromatic ring is 1. The van der Waals surface area contributed by atoms with Gasteiger partial charge in [0.05, 0.1) is 12.7 Å². The molecule has 18 heavy (non-hydrogen) atoms. The van der Waals surface area contributed by atoms with Crippen LogP contribution >= 0.6 is 0 Å². The van der Waals surface area contributed by atoms with Gasteiger partial charge < -0.3 is 15.8 Å². The molecule has 0 saturated heterocycles. The number of ether oxygens (including phenoxy) is 1. The van der Waals surface area contributed by atoms with E-state index in [-0.39, 0.29) is 5.91 Å². The molecule has 98 valence electrons. The molecule has 1 amide bonds. The Morgan fingerprint density at radius 2 is 2.06 bits per heavy atom. The zero-order chi connectivity index (χ0) is 13.5. The predicted octanol–water partition coefficient (Wildman–Crippen LogP) is 1.34. The van der Waals surface area contributed by atoms with Crippen molar-refractivity contribution in [2.45, 2.75) is 25.8 Å². The van der Waals surface area contributed by atoms with Crippen LogP contribution in [0.5, 0.6) is 0 Å². The fourth-order valence-electron chi connectivity index (χ4n) is 1.62. The van der Waals surface area contributed by atoms with Crippen LogP contribution in [0.15, 0.2) is 24.3 Å². The monoisotopic (exact) mass is 250 g/mol. The fourth-order valence-corrected chi connectivity index (χ4v) is 1.62. The Bertz CT molecular complexity index is 432. The van der Waals surface area contributed by atoms with Gasteiger partial charge in [-0.3, -0.25) is 4.79 Å². The lowest BCUT2D eigenvalue weighted by Crippen LogP contribution is -2.41. The average molecular weight is 250 g/mol. The molecule has 0 fully saturated rings. The molecule has 5 heteroatoms. The molecule has 1 aromatic rings. The van der Waals surface area contributed by atoms with Crippen LogP contribution in [-0.4, -0.2) is 25.0 Å². The third-order valence-corrected chi connectivity index (χ3v) is 2.57. The molecule has 0 unspecified atom stereocenters. The minimum absolute atomic E-state index is 0.363. The van der Waals surface area contributed by atoms with Crippen molar-refractivity contribution in [1.29, 1.82) is 0 Å². The number of amides is 1. The number of anilines is 1. The van der Waals surface area contributed by atoms with Crippen LogP contribution in [0.4, 0.5) is 5.69 Å². The highest BCUT2D eigenvalue weighted by Gasteiger charge is 2.21. The number of carbonyl (C=O) groups excluding carboxylic acids is 2. The third-order valence-electron chi connectivity index (χ3n) is 2.57. The first-order valence-corrected chi connectivity index (χ1v) is 5.83. The first-order chi connectivity index (χ1) is 8.60. The summed E-state index contributed by atoms with van der Waals surface area (Å²) in [6.45, 7) is 1.93. The minimum atomic E-state index is -0.632. The molecular weight excluding hydrogens is 232 g/mol. The van der Waals surface area contributed by atoms with Gasteiger partial charge in [-0.25, -0.2) is 4.79 Å². The number of methoxy groups -OCH3 is 1. The fraction of sp³-hybridized carbons (Fsp3) is 0.385. The number of nitrogens with one attached hydrogen (secondary N) is 1. The second-order valence-electron chi connectivity index (χ2n) is 3.93. The van der Waals surface area contributed by atoms with Gasteiger partial charge in [-0.2, -0.15) is 0 Å². The molecular formula is C13H18N2O3. The molecule has 0 radical (unpaired) electrons. The summed E-state index contributed by atoms with van der Waals surface area (Å²) < 4.78 is 4.65. The Labute approximate surface area is 106 Å². The summed E-state index contributed by atoms with van der Waals surface area (Å²) in [7, 11) is 1.30. The summed E-state index contributed by atoms with van der Waals surface area (Å²) in [5.74, 6) is -0.809. The number of esters is 1. The van der Waals surface area contributed by atoms with Gasteiger partial charge in [-0.05, 0) is 18.6 Å². The topological polar surface area (TPSA) is 81.4 Å². The van der Waals surface area contributed by atoms with Crippen LogP contribution in [0.25, 0.3) is 0 Å². The lowest BCUT2D eigenvalue weighted by atomic mass is 10.1. The molecule has 5 nitrogen and oxygen atoms in total. The second kappa shape index (κ2) is 6.64. The number of carbonyl (C=O) groups is 2. The molecule has 0 spiro atoms. The lowest BCUT2D eigenvalue weighted by molar-refractivity contribution is -0.143. The Kier molecular flexibility index (Phi) is 5.17. The van der Waals surface area contributed by atoms with Gasteiger partial charge >= 0.3 is 5.97 Å². The number of hydrogen-bond donors (Lipinski definition) is 2. The number of nitrogens with two attached hydrogens (primary N) is 1. The Balaban J connectivity index is 2.79. The molecule has 1 atom stereocenters. The first kappa shape index (κ1) is 14.0.